The molecule has 49 heavy (non-hydrogen) atoms. The predicted octanol–water partition coefficient (Wildman–Crippen LogP) is 18.9. The monoisotopic (exact) mass is 708 g/mol. The Morgan fingerprint density at radius 2 is 0.714 bits per heavy atom. The second-order valence-corrected chi connectivity index (χ2v) is 18.8. The molecule has 4 fully saturated rings. The van der Waals surface area contributed by atoms with Crippen molar-refractivity contribution in [2.75, 3.05) is 0 Å². The third-order valence-electron chi connectivity index (χ3n) is 8.27. The highest BCUT2D eigenvalue weighted by Crippen LogP contribution is 2.27. The van der Waals surface area contributed by atoms with Crippen LogP contribution in [0.4, 0.5) is 0 Å². The second-order valence-electron chi connectivity index (χ2n) is 18.8. The fourth-order valence-corrected chi connectivity index (χ4v) is 4.74. The standard InChI is InChI=1S/C8H16.2C7H14.C6H12.C6H14.3C5H12/c1-2-8-6-4-3-5-7-8;1-7-5-3-2-4-6-7;1-2-7-5-3-4-6-7;1-6-4-2-3-5-6;1-5-6(2,3)4;2*1-5(2,3)4;1-4-5(2)3/h8H,2-7H2,1H3;2*7H,2-6H2,1H3;6H,2-5H2,1H3;5H2,1-4H3;2*1-4H3;5H,4H2,1-3H3/i2D2;7D;2D2;6D;5D2;1D3;;4D2. The molecule has 4 rings (SSSR count). The minimum absolute atomic E-state index is 0.0556. The van der Waals surface area contributed by atoms with Crippen LogP contribution in [0.5, 0.6) is 0 Å². The summed E-state index contributed by atoms with van der Waals surface area (Å²) in [5.74, 6) is 0.685. The van der Waals surface area contributed by atoms with E-state index in [1.807, 2.05) is 48.5 Å². The van der Waals surface area contributed by atoms with Crippen LogP contribution < -0.4 is 0 Å². The molecule has 0 amide bonds. The van der Waals surface area contributed by atoms with Gasteiger partial charge in [0.15, 0.2) is 0 Å². The fraction of sp³-hybridized carbons (Fsp3) is 1.00. The molecule has 0 atom stereocenters. The molecule has 0 heterocycles. The molecule has 302 valence electrons. The molecule has 4 aliphatic carbocycles. The molecule has 0 bridgehead atoms. The van der Waals surface area contributed by atoms with Crippen molar-refractivity contribution in [2.24, 2.45) is 45.8 Å². The van der Waals surface area contributed by atoms with Crippen LogP contribution in [0.3, 0.4) is 0 Å². The van der Waals surface area contributed by atoms with E-state index in [0.29, 0.717) is 17.3 Å². The third kappa shape index (κ3) is 66.8. The Kier molecular flexibility index (Phi) is 24.0. The Hall–Kier alpha value is 0. The van der Waals surface area contributed by atoms with Crippen molar-refractivity contribution in [1.29, 1.82) is 0 Å². The van der Waals surface area contributed by atoms with Crippen LogP contribution in [0.1, 0.15) is 290 Å². The molecule has 0 spiro atoms. The van der Waals surface area contributed by atoms with Gasteiger partial charge in [0.05, 0.1) is 0 Å². The molecule has 0 N–H and O–H groups in total. The Morgan fingerprint density at radius 3 is 0.837 bits per heavy atom. The second kappa shape index (κ2) is 35.1. The van der Waals surface area contributed by atoms with Gasteiger partial charge in [-0.15, -0.1) is 0 Å². The summed E-state index contributed by atoms with van der Waals surface area (Å²) in [5.41, 5.74) is -0.292. The molecule has 4 aliphatic rings. The fourth-order valence-electron chi connectivity index (χ4n) is 4.74. The third-order valence-corrected chi connectivity index (χ3v) is 8.27. The maximum Gasteiger partial charge on any atom is 0.0300 e. The summed E-state index contributed by atoms with van der Waals surface area (Å²) in [5, 5.41) is 0. The minimum atomic E-state index is -1.81. The van der Waals surface area contributed by atoms with Crippen molar-refractivity contribution >= 4 is 0 Å². The van der Waals surface area contributed by atoms with E-state index >= 15 is 0 Å². The first-order chi connectivity index (χ1) is 27.1. The summed E-state index contributed by atoms with van der Waals surface area (Å²) in [7, 11) is 0. The predicted molar refractivity (Wildman–Crippen MR) is 234 cm³/mol. The van der Waals surface area contributed by atoms with Crippen LogP contribution in [0, 0.1) is 45.8 Å². The molecule has 0 heteroatoms. The van der Waals surface area contributed by atoms with E-state index in [4.69, 9.17) is 17.8 Å². The van der Waals surface area contributed by atoms with Crippen molar-refractivity contribution in [3.05, 3.63) is 0 Å². The summed E-state index contributed by atoms with van der Waals surface area (Å²) in [4.78, 5) is 0. The van der Waals surface area contributed by atoms with Crippen molar-refractivity contribution in [1.82, 2.24) is 0 Å². The maximum atomic E-state index is 7.63. The van der Waals surface area contributed by atoms with Gasteiger partial charge < -0.3 is 0 Å². The smallest absolute Gasteiger partial charge is 0.0300 e. The summed E-state index contributed by atoms with van der Waals surface area (Å²) < 4.78 is 94.2. The SMILES string of the molecule is CC(C)(C)C.[2H]C([2H])(C)C(C)(C)C.[2H]C([2H])(C)C(C)C.[2H]C([2H])(C)C1CCCC1.[2H]C([2H])(C)C1CCCCC1.[2H]C([2H])([2H])C(C)(C)C.[2H]C1(C)CCCC1.[2H]C1(C)CCCCC1. The molecule has 0 aliphatic heterocycles. The molecule has 0 aromatic heterocycles. The van der Waals surface area contributed by atoms with Gasteiger partial charge in [0, 0.05) is 17.8 Å². The lowest BCUT2D eigenvalue weighted by molar-refractivity contribution is 0.349. The van der Waals surface area contributed by atoms with Crippen LogP contribution in [0.2, 0.25) is 0 Å². The minimum Gasteiger partial charge on any atom is -0.0651 e. The van der Waals surface area contributed by atoms with Gasteiger partial charge in [-0.3, -0.25) is 0 Å². The Morgan fingerprint density at radius 1 is 0.510 bits per heavy atom. The molecule has 0 unspecified atom stereocenters. The zero-order valence-electron chi connectivity index (χ0n) is 50.5. The van der Waals surface area contributed by atoms with Gasteiger partial charge in [-0.2, -0.15) is 0 Å². The van der Waals surface area contributed by atoms with Gasteiger partial charge in [-0.05, 0) is 45.8 Å². The van der Waals surface area contributed by atoms with Crippen LogP contribution in [0.15, 0.2) is 0 Å². The van der Waals surface area contributed by atoms with E-state index < -0.39 is 37.8 Å². The van der Waals surface area contributed by atoms with Gasteiger partial charge in [0.25, 0.3) is 0 Å². The van der Waals surface area contributed by atoms with Gasteiger partial charge in [0.2, 0.25) is 0 Å². The molecular formula is C49H106. The van der Waals surface area contributed by atoms with Crippen molar-refractivity contribution < 1.29 is 17.8 Å². The van der Waals surface area contributed by atoms with Gasteiger partial charge in [-0.25, -0.2) is 0 Å². The van der Waals surface area contributed by atoms with Crippen LogP contribution >= 0.6 is 0 Å². The van der Waals surface area contributed by atoms with Crippen molar-refractivity contribution in [3.8, 4) is 0 Å². The molecule has 4 saturated carbocycles. The van der Waals surface area contributed by atoms with Crippen molar-refractivity contribution in [3.63, 3.8) is 0 Å². The molecule has 0 saturated heterocycles. The first kappa shape index (κ1) is 33.6. The zero-order chi connectivity index (χ0) is 50.5. The molecular weight excluding hydrogens is 589 g/mol. The lowest BCUT2D eigenvalue weighted by Crippen LogP contribution is -2.03. The Labute approximate surface area is 336 Å². The molecule has 0 aromatic carbocycles. The van der Waals surface area contributed by atoms with Gasteiger partial charge >= 0.3 is 0 Å². The largest absolute Gasteiger partial charge is 0.0651 e. The first-order valence-corrected chi connectivity index (χ1v) is 20.6. The van der Waals surface area contributed by atoms with E-state index in [-0.39, 0.29) is 23.1 Å². The normalized spacial score (nSPS) is 25.5. The summed E-state index contributed by atoms with van der Waals surface area (Å²) in [6.45, 7) is 32.2. The molecule has 0 radical (unpaired) electrons. The highest BCUT2D eigenvalue weighted by atomic mass is 14.2. The number of hydrogen-bond acceptors (Lipinski definition) is 0. The zero-order valence-corrected chi connectivity index (χ0v) is 37.5. The maximum absolute atomic E-state index is 7.63. The Bertz CT molecular complexity index is 996. The number of rotatable bonds is 3. The molecule has 0 nitrogen and oxygen atoms in total. The summed E-state index contributed by atoms with van der Waals surface area (Å²) in [6, 6.07) is 0. The van der Waals surface area contributed by atoms with E-state index in [1.165, 1.54) is 64.2 Å². The van der Waals surface area contributed by atoms with E-state index in [1.54, 1.807) is 48.5 Å². The van der Waals surface area contributed by atoms with Crippen molar-refractivity contribution in [2.45, 2.75) is 273 Å². The lowest BCUT2D eigenvalue weighted by atomic mass is 9.88. The first-order valence-electron chi connectivity index (χ1n) is 27.1. The van der Waals surface area contributed by atoms with E-state index in [9.17, 15) is 0 Å². The average molecular weight is 708 g/mol. The topological polar surface area (TPSA) is 0 Å². The van der Waals surface area contributed by atoms with Gasteiger partial charge in [-0.1, -0.05) is 273 Å². The number of hydrogen-bond donors (Lipinski definition) is 0. The van der Waals surface area contributed by atoms with Gasteiger partial charge in [0.1, 0.15) is 0 Å². The van der Waals surface area contributed by atoms with Crippen LogP contribution in [0.25, 0.3) is 0 Å². The lowest BCUT2D eigenvalue weighted by Gasteiger charge is -2.18. The van der Waals surface area contributed by atoms with Crippen LogP contribution in [-0.2, 0) is 0 Å². The van der Waals surface area contributed by atoms with Crippen LogP contribution in [-0.4, -0.2) is 0 Å². The highest BCUT2D eigenvalue weighted by Gasteiger charge is 2.11. The molecule has 0 aromatic rings. The average Bonchev–Trinajstić information content (AvgIpc) is 3.72. The summed E-state index contributed by atoms with van der Waals surface area (Å²) >= 11 is 0. The van der Waals surface area contributed by atoms with E-state index in [0.717, 1.165) is 51.4 Å². The van der Waals surface area contributed by atoms with E-state index in [2.05, 4.69) is 27.7 Å². The highest BCUT2D eigenvalue weighted by molar-refractivity contribution is 4.65. The summed E-state index contributed by atoms with van der Waals surface area (Å²) in [6.07, 6.45) is 17.7. The Balaban J connectivity index is -0.000000312. The quantitative estimate of drug-likeness (QED) is 0.274.